The van der Waals surface area contributed by atoms with Crippen LogP contribution in [-0.4, -0.2) is 12.6 Å². The summed E-state index contributed by atoms with van der Waals surface area (Å²) in [6.07, 6.45) is 0. The molecule has 0 rings (SSSR count). The van der Waals surface area contributed by atoms with Gasteiger partial charge in [-0.25, -0.2) is 10.4 Å². The molecule has 0 aromatic rings. The highest BCUT2D eigenvalue weighted by atomic mass is 14.7. The summed E-state index contributed by atoms with van der Waals surface area (Å²) >= 11 is 0. The summed E-state index contributed by atoms with van der Waals surface area (Å²) in [5.74, 6) is 0. The fourth-order valence-electron chi connectivity index (χ4n) is 0.277. The van der Waals surface area contributed by atoms with Gasteiger partial charge in [-0.1, -0.05) is 20.8 Å². The second-order valence-corrected chi connectivity index (χ2v) is 2.99. The molecule has 0 aliphatic heterocycles. The Kier molecular flexibility index (Phi) is 2.43. The molecule has 1 N–H and O–H groups in total. The monoisotopic (exact) mass is 112 g/mol. The second kappa shape index (κ2) is 2.63. The zero-order chi connectivity index (χ0) is 6.62. The number of hydrogen-bond acceptors (Lipinski definition) is 2. The first-order valence-corrected chi connectivity index (χ1v) is 2.64. The number of nitrogens with one attached hydrogen (secondary N) is 1. The maximum atomic E-state index is 6.47. The van der Waals surface area contributed by atoms with Crippen molar-refractivity contribution >= 4 is 6.01 Å². The normalized spacial score (nSPS) is 10.4. The summed E-state index contributed by atoms with van der Waals surface area (Å²) < 4.78 is 0. The first-order valence-electron chi connectivity index (χ1n) is 2.64. The molecule has 2 nitrogen and oxygen atoms in total. The molecular formula is C6H12N2. The van der Waals surface area contributed by atoms with Crippen LogP contribution in [0.1, 0.15) is 20.8 Å². The van der Waals surface area contributed by atoms with Crippen molar-refractivity contribution in [2.24, 2.45) is 10.4 Å². The summed E-state index contributed by atoms with van der Waals surface area (Å²) in [6.45, 7) is 6.92. The van der Waals surface area contributed by atoms with E-state index in [2.05, 4.69) is 25.8 Å². The minimum absolute atomic E-state index is 0.202. The van der Waals surface area contributed by atoms with Crippen molar-refractivity contribution in [1.29, 1.82) is 5.41 Å². The van der Waals surface area contributed by atoms with Gasteiger partial charge in [-0.2, -0.15) is 0 Å². The van der Waals surface area contributed by atoms with Crippen LogP contribution in [0.25, 0.3) is 0 Å². The van der Waals surface area contributed by atoms with Gasteiger partial charge >= 0.3 is 0 Å². The highest BCUT2D eigenvalue weighted by molar-refractivity contribution is 5.35. The van der Waals surface area contributed by atoms with E-state index < -0.39 is 0 Å². The van der Waals surface area contributed by atoms with E-state index in [4.69, 9.17) is 5.41 Å². The van der Waals surface area contributed by atoms with Crippen LogP contribution in [0.5, 0.6) is 0 Å². The first-order chi connectivity index (χ1) is 3.56. The Labute approximate surface area is 50.1 Å². The van der Waals surface area contributed by atoms with E-state index in [1.54, 1.807) is 0 Å². The van der Waals surface area contributed by atoms with E-state index in [0.29, 0.717) is 6.54 Å². The van der Waals surface area contributed by atoms with Crippen LogP contribution in [0.4, 0.5) is 0 Å². The van der Waals surface area contributed by atoms with Crippen LogP contribution < -0.4 is 0 Å². The number of nitrogens with zero attached hydrogens (tertiary/aromatic N) is 1. The van der Waals surface area contributed by atoms with Gasteiger partial charge in [-0.05, 0) is 5.41 Å². The average molecular weight is 112 g/mol. The fourth-order valence-corrected chi connectivity index (χ4v) is 0.277. The van der Waals surface area contributed by atoms with Crippen molar-refractivity contribution in [3.8, 4) is 0 Å². The lowest BCUT2D eigenvalue weighted by Gasteiger charge is -2.12. The molecule has 0 amide bonds. The van der Waals surface area contributed by atoms with E-state index >= 15 is 0 Å². The van der Waals surface area contributed by atoms with Crippen LogP contribution in [0, 0.1) is 10.8 Å². The molecule has 0 aliphatic rings. The van der Waals surface area contributed by atoms with Gasteiger partial charge < -0.3 is 0 Å². The minimum atomic E-state index is 0.202. The first kappa shape index (κ1) is 7.38. The van der Waals surface area contributed by atoms with E-state index in [9.17, 15) is 0 Å². The van der Waals surface area contributed by atoms with Crippen LogP contribution in [0.2, 0.25) is 0 Å². The van der Waals surface area contributed by atoms with Gasteiger partial charge in [0.1, 0.15) is 0 Å². The summed E-state index contributed by atoms with van der Waals surface area (Å²) in [5, 5.41) is 6.47. The van der Waals surface area contributed by atoms with Gasteiger partial charge in [0.15, 0.2) is 0 Å². The fraction of sp³-hybridized carbons (Fsp3) is 0.833. The number of hydrogen-bond donors (Lipinski definition) is 1. The Balaban J connectivity index is 3.55. The zero-order valence-corrected chi connectivity index (χ0v) is 5.65. The van der Waals surface area contributed by atoms with Crippen LogP contribution in [0.3, 0.4) is 0 Å². The van der Waals surface area contributed by atoms with Gasteiger partial charge in [0.05, 0.1) is 12.6 Å². The molecule has 0 saturated carbocycles. The van der Waals surface area contributed by atoms with Gasteiger partial charge in [0.2, 0.25) is 0 Å². The summed E-state index contributed by atoms with van der Waals surface area (Å²) in [6, 6.07) is 2.00. The lowest BCUT2D eigenvalue weighted by molar-refractivity contribution is 0.430. The van der Waals surface area contributed by atoms with Crippen LogP contribution >= 0.6 is 0 Å². The summed E-state index contributed by atoms with van der Waals surface area (Å²) in [7, 11) is 0. The lowest BCUT2D eigenvalue weighted by atomic mass is 9.98. The Morgan fingerprint density at radius 3 is 2.12 bits per heavy atom. The van der Waals surface area contributed by atoms with E-state index in [1.807, 2.05) is 6.01 Å². The molecule has 0 atom stereocenters. The van der Waals surface area contributed by atoms with E-state index in [0.717, 1.165) is 0 Å². The molecule has 0 aromatic heterocycles. The second-order valence-electron chi connectivity index (χ2n) is 2.99. The molecule has 0 bridgehead atoms. The maximum absolute atomic E-state index is 6.47. The molecule has 0 aromatic carbocycles. The molecule has 0 fully saturated rings. The molecule has 46 valence electrons. The van der Waals surface area contributed by atoms with E-state index in [1.165, 1.54) is 0 Å². The van der Waals surface area contributed by atoms with Crippen molar-refractivity contribution in [2.45, 2.75) is 20.8 Å². The molecule has 8 heavy (non-hydrogen) atoms. The van der Waals surface area contributed by atoms with Crippen LogP contribution in [0.15, 0.2) is 4.99 Å². The highest BCUT2D eigenvalue weighted by Crippen LogP contribution is 2.11. The molecule has 2 heteroatoms. The lowest BCUT2D eigenvalue weighted by Crippen LogP contribution is -2.08. The molecule has 0 saturated heterocycles. The van der Waals surface area contributed by atoms with E-state index in [-0.39, 0.29) is 5.41 Å². The van der Waals surface area contributed by atoms with Gasteiger partial charge in [-0.15, -0.1) is 0 Å². The Hall–Kier alpha value is -0.620. The maximum Gasteiger partial charge on any atom is 0.0862 e. The predicted octanol–water partition coefficient (Wildman–Crippen LogP) is 1.79. The van der Waals surface area contributed by atoms with Gasteiger partial charge in [0.25, 0.3) is 0 Å². The summed E-state index contributed by atoms with van der Waals surface area (Å²) in [4.78, 5) is 3.66. The van der Waals surface area contributed by atoms with Crippen LogP contribution in [-0.2, 0) is 0 Å². The van der Waals surface area contributed by atoms with Crippen molar-refractivity contribution in [3.63, 3.8) is 0 Å². The van der Waals surface area contributed by atoms with Crippen molar-refractivity contribution in [2.75, 3.05) is 6.54 Å². The predicted molar refractivity (Wildman–Crippen MR) is 34.5 cm³/mol. The number of rotatable bonds is 1. The molecular weight excluding hydrogens is 100 g/mol. The third-order valence-corrected chi connectivity index (χ3v) is 0.632. The minimum Gasteiger partial charge on any atom is -0.242 e. The largest absolute Gasteiger partial charge is 0.242 e. The van der Waals surface area contributed by atoms with Crippen molar-refractivity contribution < 1.29 is 0 Å². The van der Waals surface area contributed by atoms with Crippen molar-refractivity contribution in [3.05, 3.63) is 0 Å². The topological polar surface area (TPSA) is 36.2 Å². The highest BCUT2D eigenvalue weighted by Gasteiger charge is 2.06. The SMILES string of the molecule is CC(C)(C)CN=C=N. The smallest absolute Gasteiger partial charge is 0.0862 e. The molecule has 0 radical (unpaired) electrons. The van der Waals surface area contributed by atoms with Gasteiger partial charge in [0, 0.05) is 0 Å². The zero-order valence-electron chi connectivity index (χ0n) is 5.65. The molecule has 0 heterocycles. The number of aliphatic imine (C=N–C) groups is 1. The Morgan fingerprint density at radius 2 is 2.00 bits per heavy atom. The molecule has 0 aliphatic carbocycles. The standard InChI is InChI=1S/C6H12N2/c1-6(2,3)4-8-5-7/h7H,4H2,1-3H3. The van der Waals surface area contributed by atoms with Gasteiger partial charge in [-0.3, -0.25) is 0 Å². The molecule has 0 unspecified atom stereocenters. The average Bonchev–Trinajstić information content (AvgIpc) is 1.59. The third kappa shape index (κ3) is 5.38. The molecule has 0 spiro atoms. The summed E-state index contributed by atoms with van der Waals surface area (Å²) in [5.41, 5.74) is 0.202. The van der Waals surface area contributed by atoms with Crippen molar-refractivity contribution in [1.82, 2.24) is 0 Å². The Bertz CT molecular complexity index is 104. The Morgan fingerprint density at radius 1 is 1.50 bits per heavy atom. The third-order valence-electron chi connectivity index (χ3n) is 0.632. The quantitative estimate of drug-likeness (QED) is 0.502.